The zero-order chi connectivity index (χ0) is 15.7. The average Bonchev–Trinajstić information content (AvgIpc) is 2.54. The van der Waals surface area contributed by atoms with Crippen molar-refractivity contribution in [3.05, 3.63) is 0 Å². The van der Waals surface area contributed by atoms with Crippen LogP contribution in [0.25, 0.3) is 0 Å². The molecule has 128 valence electrons. The molecule has 4 atom stereocenters. The van der Waals surface area contributed by atoms with Crippen molar-refractivity contribution in [2.45, 2.75) is 87.9 Å². The van der Waals surface area contributed by atoms with Gasteiger partial charge in [0.2, 0.25) is 0 Å². The van der Waals surface area contributed by atoms with Gasteiger partial charge in [-0.3, -0.25) is 0 Å². The highest BCUT2D eigenvalue weighted by Gasteiger charge is 2.44. The topological polar surface area (TPSA) is 20.2 Å². The van der Waals surface area contributed by atoms with Crippen LogP contribution in [-0.4, -0.2) is 28.8 Å². The van der Waals surface area contributed by atoms with Gasteiger partial charge in [-0.2, -0.15) is 12.6 Å². The Bertz CT molecular complexity index is 351. The van der Waals surface area contributed by atoms with Gasteiger partial charge in [-0.25, -0.2) is 8.78 Å². The van der Waals surface area contributed by atoms with E-state index in [1.165, 1.54) is 38.5 Å². The molecule has 4 heteroatoms. The summed E-state index contributed by atoms with van der Waals surface area (Å²) in [6.45, 7) is 0. The highest BCUT2D eigenvalue weighted by atomic mass is 32.1. The third kappa shape index (κ3) is 3.63. The van der Waals surface area contributed by atoms with Crippen molar-refractivity contribution >= 4 is 12.6 Å². The Morgan fingerprint density at radius 1 is 0.636 bits per heavy atom. The molecule has 3 aliphatic carbocycles. The number of aliphatic hydroxyl groups excluding tert-OH is 1. The van der Waals surface area contributed by atoms with Gasteiger partial charge in [0.25, 0.3) is 0 Å². The van der Waals surface area contributed by atoms with Gasteiger partial charge in [-0.15, -0.1) is 0 Å². The smallest absolute Gasteiger partial charge is 0.157 e. The summed E-state index contributed by atoms with van der Waals surface area (Å²) in [7, 11) is 0. The Labute approximate surface area is 138 Å². The second-order valence-corrected chi connectivity index (χ2v) is 8.67. The Kier molecular flexibility index (Phi) is 5.70. The molecule has 0 heterocycles. The van der Waals surface area contributed by atoms with Gasteiger partial charge in [0.05, 0.1) is 6.10 Å². The first-order valence-electron chi connectivity index (χ1n) is 9.20. The van der Waals surface area contributed by atoms with Gasteiger partial charge in [0.1, 0.15) is 6.17 Å². The molecule has 4 unspecified atom stereocenters. The first-order valence-corrected chi connectivity index (χ1v) is 9.72. The monoisotopic (exact) mass is 332 g/mol. The average molecular weight is 332 g/mol. The van der Waals surface area contributed by atoms with Crippen LogP contribution in [0.2, 0.25) is 0 Å². The van der Waals surface area contributed by atoms with Crippen LogP contribution in [0.1, 0.15) is 64.2 Å². The molecule has 3 aliphatic rings. The van der Waals surface area contributed by atoms with Crippen LogP contribution < -0.4 is 0 Å². The van der Waals surface area contributed by atoms with E-state index in [0.717, 1.165) is 24.7 Å². The number of alkyl halides is 2. The van der Waals surface area contributed by atoms with E-state index in [0.29, 0.717) is 24.0 Å². The number of thiol groups is 1. The van der Waals surface area contributed by atoms with E-state index in [-0.39, 0.29) is 5.92 Å². The third-order valence-electron chi connectivity index (χ3n) is 6.71. The SMILES string of the molecule is OC1CCC(C2CCC(C3CCC(S)CC3)CC2)C(F)C1F. The second-order valence-electron chi connectivity index (χ2n) is 7.94. The van der Waals surface area contributed by atoms with E-state index in [4.69, 9.17) is 0 Å². The summed E-state index contributed by atoms with van der Waals surface area (Å²) >= 11 is 4.58. The minimum absolute atomic E-state index is 0.160. The maximum absolute atomic E-state index is 14.2. The molecule has 0 aromatic heterocycles. The molecule has 1 N–H and O–H groups in total. The predicted octanol–water partition coefficient (Wildman–Crippen LogP) is 4.73. The summed E-state index contributed by atoms with van der Waals surface area (Å²) in [6.07, 6.45) is 6.46. The number of aliphatic hydroxyl groups is 1. The molecule has 0 amide bonds. The molecule has 22 heavy (non-hydrogen) atoms. The molecule has 0 aromatic carbocycles. The largest absolute Gasteiger partial charge is 0.390 e. The molecule has 0 spiro atoms. The highest BCUT2D eigenvalue weighted by Crippen LogP contribution is 2.46. The third-order valence-corrected chi connectivity index (χ3v) is 7.22. The van der Waals surface area contributed by atoms with Gasteiger partial charge in [-0.05, 0) is 87.9 Å². The number of hydrogen-bond donors (Lipinski definition) is 2. The van der Waals surface area contributed by atoms with Gasteiger partial charge >= 0.3 is 0 Å². The summed E-state index contributed by atoms with van der Waals surface area (Å²) in [5.41, 5.74) is 0. The van der Waals surface area contributed by atoms with Crippen LogP contribution >= 0.6 is 12.6 Å². The quantitative estimate of drug-likeness (QED) is 0.701. The summed E-state index contributed by atoms with van der Waals surface area (Å²) in [5.74, 6) is 1.81. The Morgan fingerprint density at radius 3 is 1.73 bits per heavy atom. The lowest BCUT2D eigenvalue weighted by molar-refractivity contribution is -0.0560. The number of halogens is 2. The molecular formula is C18H30F2OS. The number of hydrogen-bond acceptors (Lipinski definition) is 2. The zero-order valence-corrected chi connectivity index (χ0v) is 14.2. The van der Waals surface area contributed by atoms with Crippen LogP contribution in [0.15, 0.2) is 0 Å². The van der Waals surface area contributed by atoms with Crippen LogP contribution in [0.4, 0.5) is 8.78 Å². The lowest BCUT2D eigenvalue weighted by atomic mass is 9.65. The molecule has 1 nitrogen and oxygen atoms in total. The normalized spacial score (nSPS) is 50.7. The second kappa shape index (κ2) is 7.38. The standard InChI is InChI=1S/C18H30F2OS/c19-17-15(9-10-16(21)18(17)20)13-3-1-11(2-4-13)12-5-7-14(22)8-6-12/h11-18,21-22H,1-10H2. The molecule has 3 fully saturated rings. The maximum Gasteiger partial charge on any atom is 0.157 e. The summed E-state index contributed by atoms with van der Waals surface area (Å²) in [5, 5.41) is 10.1. The number of rotatable bonds is 2. The predicted molar refractivity (Wildman–Crippen MR) is 88.7 cm³/mol. The van der Waals surface area contributed by atoms with E-state index in [1.807, 2.05) is 0 Å². The van der Waals surface area contributed by atoms with E-state index < -0.39 is 18.4 Å². The summed E-state index contributed by atoms with van der Waals surface area (Å²) < 4.78 is 28.0. The lowest BCUT2D eigenvalue weighted by Crippen LogP contribution is -2.44. The molecule has 0 aliphatic heterocycles. The minimum atomic E-state index is -1.66. The van der Waals surface area contributed by atoms with Gasteiger partial charge in [0.15, 0.2) is 6.17 Å². The fourth-order valence-electron chi connectivity index (χ4n) is 5.24. The van der Waals surface area contributed by atoms with Crippen molar-refractivity contribution in [3.63, 3.8) is 0 Å². The lowest BCUT2D eigenvalue weighted by Gasteiger charge is -2.42. The van der Waals surface area contributed by atoms with Crippen molar-refractivity contribution < 1.29 is 13.9 Å². The van der Waals surface area contributed by atoms with Crippen molar-refractivity contribution in [3.8, 4) is 0 Å². The zero-order valence-electron chi connectivity index (χ0n) is 13.3. The van der Waals surface area contributed by atoms with Crippen molar-refractivity contribution in [2.75, 3.05) is 0 Å². The molecule has 3 saturated carbocycles. The van der Waals surface area contributed by atoms with Gasteiger partial charge < -0.3 is 5.11 Å². The molecular weight excluding hydrogens is 302 g/mol. The van der Waals surface area contributed by atoms with E-state index in [9.17, 15) is 13.9 Å². The highest BCUT2D eigenvalue weighted by molar-refractivity contribution is 7.80. The first-order chi connectivity index (χ1) is 10.6. The first kappa shape index (κ1) is 17.0. The Hall–Kier alpha value is 0.170. The molecule has 3 rings (SSSR count). The fraction of sp³-hybridized carbons (Fsp3) is 1.00. The van der Waals surface area contributed by atoms with Crippen LogP contribution in [0.3, 0.4) is 0 Å². The van der Waals surface area contributed by atoms with Crippen molar-refractivity contribution in [1.29, 1.82) is 0 Å². The van der Waals surface area contributed by atoms with Crippen LogP contribution in [0.5, 0.6) is 0 Å². The molecule has 0 radical (unpaired) electrons. The van der Waals surface area contributed by atoms with E-state index in [1.54, 1.807) is 0 Å². The molecule has 0 bridgehead atoms. The maximum atomic E-state index is 14.2. The van der Waals surface area contributed by atoms with E-state index >= 15 is 0 Å². The van der Waals surface area contributed by atoms with Crippen LogP contribution in [-0.2, 0) is 0 Å². The Morgan fingerprint density at radius 2 is 1.14 bits per heavy atom. The minimum Gasteiger partial charge on any atom is -0.390 e. The van der Waals surface area contributed by atoms with Crippen molar-refractivity contribution in [1.82, 2.24) is 0 Å². The fourth-order valence-corrected chi connectivity index (χ4v) is 5.54. The van der Waals surface area contributed by atoms with E-state index in [2.05, 4.69) is 12.6 Å². The molecule has 0 saturated heterocycles. The van der Waals surface area contributed by atoms with Gasteiger partial charge in [-0.1, -0.05) is 0 Å². The summed E-state index contributed by atoms with van der Waals surface area (Å²) in [6, 6.07) is 0. The Balaban J connectivity index is 1.49. The van der Waals surface area contributed by atoms with Gasteiger partial charge in [0, 0.05) is 5.25 Å². The van der Waals surface area contributed by atoms with Crippen molar-refractivity contribution in [2.24, 2.45) is 23.7 Å². The molecule has 0 aromatic rings. The van der Waals surface area contributed by atoms with Crippen LogP contribution in [0, 0.1) is 23.7 Å². The summed E-state index contributed by atoms with van der Waals surface area (Å²) in [4.78, 5) is 0.